The molecule has 1 rings (SSSR count). The largest absolute Gasteiger partial charge is 0.501 e. The number of nitro benzene ring substituents is 1. The number of hydrogen-bond donors (Lipinski definition) is 1. The first-order chi connectivity index (χ1) is 6.99. The highest BCUT2D eigenvalue weighted by molar-refractivity contribution is 6.37. The van der Waals surface area contributed by atoms with Gasteiger partial charge in [-0.15, -0.1) is 6.58 Å². The zero-order chi connectivity index (χ0) is 11.6. The van der Waals surface area contributed by atoms with E-state index in [1.54, 1.807) is 6.08 Å². The number of rotatable bonds is 3. The summed E-state index contributed by atoms with van der Waals surface area (Å²) < 4.78 is 0. The number of benzene rings is 1. The summed E-state index contributed by atoms with van der Waals surface area (Å²) in [5.74, 6) is -0.567. The van der Waals surface area contributed by atoms with Crippen molar-refractivity contribution in [2.45, 2.75) is 6.42 Å². The summed E-state index contributed by atoms with van der Waals surface area (Å²) in [4.78, 5) is 9.76. The predicted octanol–water partition coefficient (Wildman–Crippen LogP) is 3.34. The summed E-state index contributed by atoms with van der Waals surface area (Å²) in [7, 11) is 0. The maximum atomic E-state index is 10.5. The van der Waals surface area contributed by atoms with E-state index in [-0.39, 0.29) is 10.0 Å². The van der Waals surface area contributed by atoms with Crippen LogP contribution in [0, 0.1) is 10.1 Å². The van der Waals surface area contributed by atoms with Crippen LogP contribution in [0.2, 0.25) is 10.0 Å². The molecular formula is C9H7Cl2NO3. The Morgan fingerprint density at radius 2 is 2.20 bits per heavy atom. The van der Waals surface area contributed by atoms with E-state index in [9.17, 15) is 15.2 Å². The zero-order valence-corrected chi connectivity index (χ0v) is 9.05. The number of nitrogens with zero attached hydrogens (tertiary/aromatic N) is 1. The molecule has 1 aromatic rings. The zero-order valence-electron chi connectivity index (χ0n) is 7.54. The average molecular weight is 248 g/mol. The number of hydrogen-bond acceptors (Lipinski definition) is 3. The minimum Gasteiger partial charge on any atom is -0.501 e. The molecule has 1 aromatic carbocycles. The molecular weight excluding hydrogens is 241 g/mol. The Balaban J connectivity index is 3.43. The van der Waals surface area contributed by atoms with E-state index >= 15 is 0 Å². The van der Waals surface area contributed by atoms with E-state index in [0.29, 0.717) is 12.0 Å². The molecule has 0 aliphatic heterocycles. The first kappa shape index (κ1) is 11.8. The molecule has 0 aromatic heterocycles. The van der Waals surface area contributed by atoms with Crippen molar-refractivity contribution in [1.29, 1.82) is 0 Å². The van der Waals surface area contributed by atoms with Crippen molar-refractivity contribution in [1.82, 2.24) is 0 Å². The van der Waals surface area contributed by atoms with Gasteiger partial charge in [-0.05, 0) is 12.0 Å². The molecule has 0 radical (unpaired) electrons. The van der Waals surface area contributed by atoms with Crippen molar-refractivity contribution in [2.24, 2.45) is 0 Å². The highest BCUT2D eigenvalue weighted by Gasteiger charge is 2.21. The molecule has 4 nitrogen and oxygen atoms in total. The minimum atomic E-state index is -0.745. The molecule has 0 bridgehead atoms. The van der Waals surface area contributed by atoms with Crippen LogP contribution < -0.4 is 0 Å². The van der Waals surface area contributed by atoms with Crippen molar-refractivity contribution in [3.8, 4) is 5.75 Å². The van der Waals surface area contributed by atoms with Crippen LogP contribution in [0.4, 0.5) is 5.69 Å². The van der Waals surface area contributed by atoms with Crippen LogP contribution in [-0.2, 0) is 6.42 Å². The molecule has 6 heteroatoms. The number of allylic oxidation sites excluding steroid dienone is 1. The van der Waals surface area contributed by atoms with Crippen LogP contribution in [-0.4, -0.2) is 10.0 Å². The fraction of sp³-hybridized carbons (Fsp3) is 0.111. The Morgan fingerprint density at radius 3 is 2.67 bits per heavy atom. The summed E-state index contributed by atoms with van der Waals surface area (Å²) in [6.07, 6.45) is 1.88. The number of phenolic OH excluding ortho intramolecular Hbond substituents is 1. The van der Waals surface area contributed by atoms with Gasteiger partial charge in [0.25, 0.3) is 0 Å². The van der Waals surface area contributed by atoms with Crippen LogP contribution in [0.5, 0.6) is 5.75 Å². The van der Waals surface area contributed by atoms with Gasteiger partial charge in [-0.2, -0.15) is 0 Å². The lowest BCUT2D eigenvalue weighted by molar-refractivity contribution is -0.385. The topological polar surface area (TPSA) is 63.4 Å². The third-order valence-corrected chi connectivity index (χ3v) is 2.56. The Bertz CT molecular complexity index is 432. The van der Waals surface area contributed by atoms with Gasteiger partial charge in [0, 0.05) is 6.07 Å². The van der Waals surface area contributed by atoms with Crippen LogP contribution in [0.1, 0.15) is 5.56 Å². The van der Waals surface area contributed by atoms with E-state index in [2.05, 4.69) is 6.58 Å². The third kappa shape index (κ3) is 2.22. The van der Waals surface area contributed by atoms with E-state index in [4.69, 9.17) is 23.2 Å². The maximum Gasteiger partial charge on any atom is 0.313 e. The van der Waals surface area contributed by atoms with Crippen LogP contribution in [0.3, 0.4) is 0 Å². The van der Waals surface area contributed by atoms with E-state index in [0.717, 1.165) is 6.07 Å². The standard InChI is InChI=1S/C9H7Cl2NO3/c1-2-3-5-6(10)4-7(12(14)15)9(13)8(5)11/h2,4,13H,1,3H2. The lowest BCUT2D eigenvalue weighted by Crippen LogP contribution is -1.93. The summed E-state index contributed by atoms with van der Waals surface area (Å²) in [5, 5.41) is 20.0. The Labute approximate surface area is 95.9 Å². The maximum absolute atomic E-state index is 10.5. The molecule has 0 unspecified atom stereocenters. The molecule has 0 heterocycles. The number of aromatic hydroxyl groups is 1. The Morgan fingerprint density at radius 1 is 1.60 bits per heavy atom. The molecule has 0 saturated heterocycles. The summed E-state index contributed by atoms with van der Waals surface area (Å²) in [5.41, 5.74) is -0.0748. The minimum absolute atomic E-state index is 0.103. The molecule has 0 amide bonds. The lowest BCUT2D eigenvalue weighted by atomic mass is 10.1. The first-order valence-corrected chi connectivity index (χ1v) is 4.69. The molecule has 0 aliphatic carbocycles. The molecule has 0 spiro atoms. The SMILES string of the molecule is C=CCc1c(Cl)cc([N+](=O)[O-])c(O)c1Cl. The smallest absolute Gasteiger partial charge is 0.313 e. The van der Waals surface area contributed by atoms with Gasteiger partial charge < -0.3 is 5.11 Å². The molecule has 0 atom stereocenters. The second kappa shape index (κ2) is 4.51. The van der Waals surface area contributed by atoms with Crippen LogP contribution in [0.15, 0.2) is 18.7 Å². The highest BCUT2D eigenvalue weighted by atomic mass is 35.5. The van der Waals surface area contributed by atoms with E-state index in [1.807, 2.05) is 0 Å². The normalized spacial score (nSPS) is 10.0. The number of phenols is 1. The van der Waals surface area contributed by atoms with Gasteiger partial charge in [0.05, 0.1) is 15.0 Å². The van der Waals surface area contributed by atoms with Crippen molar-refractivity contribution in [2.75, 3.05) is 0 Å². The predicted molar refractivity (Wildman–Crippen MR) is 58.7 cm³/mol. The number of nitro groups is 1. The van der Waals surface area contributed by atoms with Gasteiger partial charge in [-0.25, -0.2) is 0 Å². The fourth-order valence-electron chi connectivity index (χ4n) is 1.11. The average Bonchev–Trinajstić information content (AvgIpc) is 2.18. The quantitative estimate of drug-likeness (QED) is 0.506. The van der Waals surface area contributed by atoms with Crippen molar-refractivity contribution in [3.05, 3.63) is 44.4 Å². The van der Waals surface area contributed by atoms with Crippen molar-refractivity contribution >= 4 is 28.9 Å². The lowest BCUT2D eigenvalue weighted by Gasteiger charge is -2.06. The molecule has 0 fully saturated rings. The van der Waals surface area contributed by atoms with Gasteiger partial charge in [0.1, 0.15) is 0 Å². The van der Waals surface area contributed by atoms with Crippen molar-refractivity contribution in [3.63, 3.8) is 0 Å². The summed E-state index contributed by atoms with van der Waals surface area (Å²) >= 11 is 11.5. The van der Waals surface area contributed by atoms with Gasteiger partial charge in [-0.1, -0.05) is 29.3 Å². The second-order valence-corrected chi connectivity index (χ2v) is 3.55. The van der Waals surface area contributed by atoms with Gasteiger partial charge in [0.15, 0.2) is 0 Å². The highest BCUT2D eigenvalue weighted by Crippen LogP contribution is 2.40. The molecule has 0 aliphatic rings. The second-order valence-electron chi connectivity index (χ2n) is 2.77. The number of halogens is 2. The van der Waals surface area contributed by atoms with E-state index in [1.165, 1.54) is 0 Å². The van der Waals surface area contributed by atoms with Crippen molar-refractivity contribution < 1.29 is 10.0 Å². The Hall–Kier alpha value is -1.26. The molecule has 0 saturated carbocycles. The van der Waals surface area contributed by atoms with Crippen LogP contribution in [0.25, 0.3) is 0 Å². The first-order valence-electron chi connectivity index (χ1n) is 3.94. The summed E-state index contributed by atoms with van der Waals surface area (Å²) in [6.45, 7) is 3.49. The van der Waals surface area contributed by atoms with Gasteiger partial charge >= 0.3 is 5.69 Å². The van der Waals surface area contributed by atoms with Crippen LogP contribution >= 0.6 is 23.2 Å². The molecule has 15 heavy (non-hydrogen) atoms. The third-order valence-electron chi connectivity index (χ3n) is 1.81. The Kier molecular flexibility index (Phi) is 3.55. The molecule has 80 valence electrons. The fourth-order valence-corrected chi connectivity index (χ4v) is 1.71. The van der Waals surface area contributed by atoms with Gasteiger partial charge in [0.2, 0.25) is 5.75 Å². The monoisotopic (exact) mass is 247 g/mol. The summed E-state index contributed by atoms with van der Waals surface area (Å²) in [6, 6.07) is 1.07. The van der Waals surface area contributed by atoms with Gasteiger partial charge in [-0.3, -0.25) is 10.1 Å². The van der Waals surface area contributed by atoms with E-state index < -0.39 is 16.4 Å². The molecule has 1 N–H and O–H groups in total.